The molecular weight excluding hydrogens is 714 g/mol. The number of amides is 1. The summed E-state index contributed by atoms with van der Waals surface area (Å²) in [5.74, 6) is 0.563. The molecule has 8 rings (SSSR count). The fourth-order valence-electron chi connectivity index (χ4n) is 8.60. The van der Waals surface area contributed by atoms with Gasteiger partial charge in [-0.15, -0.1) is 0 Å². The minimum Gasteiger partial charge on any atom is -0.381 e. The standard InChI is InChI=1S/C43H48FN6O4P/c1-7-55(53,8-2)35-12-10-33(11-13-35)48-19-20-49(43(48)52)41-39-29(5)47(18-15-36(39)45-50(41)34-23-27(3)40(44)28(4)24-34)42(51)38-26-32-25-31(9-14-37(32)46(38)6)30-16-21-54-22-17-30/h9-14,19-20,23-26,29-30H,7-8,15-18,21-22H2,1-6H3/t29-/m0/s1. The van der Waals surface area contributed by atoms with Crippen LogP contribution in [0.5, 0.6) is 0 Å². The fraction of sp³-hybridized carbons (Fsp3) is 0.372. The molecule has 0 N–H and O–H groups in total. The van der Waals surface area contributed by atoms with Crippen molar-refractivity contribution in [3.05, 3.63) is 123 Å². The molecular formula is C43H48FN6O4P. The Morgan fingerprint density at radius 3 is 2.27 bits per heavy atom. The van der Waals surface area contributed by atoms with Gasteiger partial charge in [-0.1, -0.05) is 19.9 Å². The van der Waals surface area contributed by atoms with Gasteiger partial charge in [-0.3, -0.25) is 13.9 Å². The number of ether oxygens (including phenoxy) is 1. The van der Waals surface area contributed by atoms with E-state index in [-0.39, 0.29) is 17.4 Å². The van der Waals surface area contributed by atoms with E-state index in [1.807, 2.05) is 67.6 Å². The predicted molar refractivity (Wildman–Crippen MR) is 215 cm³/mol. The molecule has 10 nitrogen and oxygen atoms in total. The largest absolute Gasteiger partial charge is 0.381 e. The molecule has 5 heterocycles. The summed E-state index contributed by atoms with van der Waals surface area (Å²) in [5, 5.41) is 6.89. The fourth-order valence-corrected chi connectivity index (χ4v) is 10.5. The first-order valence-electron chi connectivity index (χ1n) is 19.3. The number of aromatic nitrogens is 5. The number of aryl methyl sites for hydroxylation is 3. The van der Waals surface area contributed by atoms with E-state index < -0.39 is 13.2 Å². The molecule has 0 bridgehead atoms. The second-order valence-corrected chi connectivity index (χ2v) is 18.6. The Hall–Kier alpha value is -4.99. The van der Waals surface area contributed by atoms with E-state index in [2.05, 4.69) is 18.2 Å². The first-order valence-corrected chi connectivity index (χ1v) is 21.4. The molecule has 2 aliphatic rings. The van der Waals surface area contributed by atoms with Crippen LogP contribution in [0.2, 0.25) is 0 Å². The molecule has 0 saturated carbocycles. The van der Waals surface area contributed by atoms with Crippen LogP contribution in [0.25, 0.3) is 28.1 Å². The van der Waals surface area contributed by atoms with Gasteiger partial charge in [-0.25, -0.2) is 13.9 Å². The first kappa shape index (κ1) is 37.0. The number of hydrogen-bond acceptors (Lipinski definition) is 5. The lowest BCUT2D eigenvalue weighted by Crippen LogP contribution is -2.40. The molecule has 1 saturated heterocycles. The van der Waals surface area contributed by atoms with E-state index in [1.165, 1.54) is 5.56 Å². The zero-order chi connectivity index (χ0) is 38.8. The van der Waals surface area contributed by atoms with Crippen molar-refractivity contribution in [2.24, 2.45) is 7.05 Å². The minimum absolute atomic E-state index is 0.0990. The normalized spacial score (nSPS) is 16.6. The second kappa shape index (κ2) is 14.3. The Labute approximate surface area is 320 Å². The number of imidazole rings is 1. The van der Waals surface area contributed by atoms with Gasteiger partial charge in [0.25, 0.3) is 5.91 Å². The van der Waals surface area contributed by atoms with Gasteiger partial charge in [0.1, 0.15) is 24.5 Å². The summed E-state index contributed by atoms with van der Waals surface area (Å²) >= 11 is 0. The summed E-state index contributed by atoms with van der Waals surface area (Å²) in [6.07, 6.45) is 7.04. The van der Waals surface area contributed by atoms with Crippen LogP contribution >= 0.6 is 7.14 Å². The third-order valence-corrected chi connectivity index (χ3v) is 15.3. The van der Waals surface area contributed by atoms with Crippen molar-refractivity contribution in [2.75, 3.05) is 32.1 Å². The molecule has 0 aliphatic carbocycles. The average molecular weight is 763 g/mol. The quantitative estimate of drug-likeness (QED) is 0.148. The Kier molecular flexibility index (Phi) is 9.58. The van der Waals surface area contributed by atoms with Crippen LogP contribution < -0.4 is 11.0 Å². The molecule has 12 heteroatoms. The van der Waals surface area contributed by atoms with Gasteiger partial charge in [0.05, 0.1) is 23.1 Å². The van der Waals surface area contributed by atoms with E-state index in [0.29, 0.717) is 65.2 Å². The van der Waals surface area contributed by atoms with Gasteiger partial charge in [0, 0.05) is 79.7 Å². The molecule has 3 aromatic heterocycles. The van der Waals surface area contributed by atoms with Crippen molar-refractivity contribution in [3.63, 3.8) is 0 Å². The van der Waals surface area contributed by atoms with Crippen molar-refractivity contribution in [3.8, 4) is 17.2 Å². The Morgan fingerprint density at radius 2 is 1.60 bits per heavy atom. The molecule has 286 valence electrons. The summed E-state index contributed by atoms with van der Waals surface area (Å²) in [5.41, 5.74) is 6.28. The second-order valence-electron chi connectivity index (χ2n) is 15.1. The molecule has 55 heavy (non-hydrogen) atoms. The number of hydrogen-bond donors (Lipinski definition) is 0. The topological polar surface area (TPSA) is 96.3 Å². The number of rotatable bonds is 8. The highest BCUT2D eigenvalue weighted by atomic mass is 31.2. The van der Waals surface area contributed by atoms with Crippen molar-refractivity contribution in [1.29, 1.82) is 0 Å². The molecule has 0 spiro atoms. The summed E-state index contributed by atoms with van der Waals surface area (Å²) in [4.78, 5) is 30.9. The summed E-state index contributed by atoms with van der Waals surface area (Å²) in [6.45, 7) is 11.3. The van der Waals surface area contributed by atoms with Crippen LogP contribution in [0.15, 0.2) is 77.9 Å². The molecule has 3 aromatic carbocycles. The highest BCUT2D eigenvalue weighted by Crippen LogP contribution is 2.43. The lowest BCUT2D eigenvalue weighted by molar-refractivity contribution is 0.0667. The van der Waals surface area contributed by atoms with Crippen LogP contribution in [-0.2, 0) is 22.8 Å². The number of carbonyl (C=O) groups is 1. The smallest absolute Gasteiger partial charge is 0.338 e. The first-order chi connectivity index (χ1) is 26.4. The summed E-state index contributed by atoms with van der Waals surface area (Å²) in [6, 6.07) is 18.9. The maximum absolute atomic E-state index is 14.9. The predicted octanol–water partition coefficient (Wildman–Crippen LogP) is 7.74. The Morgan fingerprint density at radius 1 is 0.927 bits per heavy atom. The lowest BCUT2D eigenvalue weighted by Gasteiger charge is -2.33. The molecule has 1 atom stereocenters. The van der Waals surface area contributed by atoms with E-state index >= 15 is 0 Å². The van der Waals surface area contributed by atoms with Crippen molar-refractivity contribution >= 4 is 29.3 Å². The van der Waals surface area contributed by atoms with Gasteiger partial charge in [-0.2, -0.15) is 5.10 Å². The van der Waals surface area contributed by atoms with Gasteiger partial charge in [0.2, 0.25) is 0 Å². The summed E-state index contributed by atoms with van der Waals surface area (Å²) < 4.78 is 40.7. The third-order valence-electron chi connectivity index (χ3n) is 12.0. The number of nitrogens with zero attached hydrogens (tertiary/aromatic N) is 6. The zero-order valence-electron chi connectivity index (χ0n) is 32.4. The number of fused-ring (bicyclic) bond motifs is 2. The van der Waals surface area contributed by atoms with E-state index in [0.717, 1.165) is 53.5 Å². The molecule has 1 fully saturated rings. The number of carbonyl (C=O) groups excluding carboxylic acids is 1. The highest BCUT2D eigenvalue weighted by Gasteiger charge is 2.36. The van der Waals surface area contributed by atoms with Crippen LogP contribution in [0.3, 0.4) is 0 Å². The van der Waals surface area contributed by atoms with E-state index in [9.17, 15) is 18.5 Å². The maximum atomic E-state index is 14.9. The van der Waals surface area contributed by atoms with Crippen molar-refractivity contribution in [1.82, 2.24) is 28.4 Å². The Bertz CT molecular complexity index is 2520. The van der Waals surface area contributed by atoms with Crippen LogP contribution in [0.1, 0.15) is 84.0 Å². The van der Waals surface area contributed by atoms with E-state index in [4.69, 9.17) is 9.84 Å². The van der Waals surface area contributed by atoms with Gasteiger partial charge < -0.3 is 18.8 Å². The Balaban J connectivity index is 1.21. The SMILES string of the molecule is CCP(=O)(CC)c1ccc(-n2ccn(-c3c4c(nn3-c3cc(C)c(F)c(C)c3)CCN(C(=O)c3cc5cc(C6CCOCC6)ccc5n3C)[C@H]4C)c2=O)cc1. The van der Waals surface area contributed by atoms with Gasteiger partial charge in [-0.05, 0) is 111 Å². The van der Waals surface area contributed by atoms with Crippen molar-refractivity contribution < 1.29 is 18.5 Å². The lowest BCUT2D eigenvalue weighted by atomic mass is 9.91. The number of benzene rings is 3. The van der Waals surface area contributed by atoms with E-state index in [1.54, 1.807) is 52.2 Å². The minimum atomic E-state index is -2.49. The van der Waals surface area contributed by atoms with Gasteiger partial charge in [0.15, 0.2) is 0 Å². The monoisotopic (exact) mass is 762 g/mol. The van der Waals surface area contributed by atoms with Crippen molar-refractivity contribution in [2.45, 2.75) is 65.8 Å². The van der Waals surface area contributed by atoms with Crippen LogP contribution in [0, 0.1) is 19.7 Å². The van der Waals surface area contributed by atoms with Crippen LogP contribution in [-0.4, -0.2) is 66.4 Å². The highest BCUT2D eigenvalue weighted by molar-refractivity contribution is 7.71. The molecule has 0 unspecified atom stereocenters. The molecule has 1 amide bonds. The zero-order valence-corrected chi connectivity index (χ0v) is 33.3. The maximum Gasteiger partial charge on any atom is 0.338 e. The molecule has 0 radical (unpaired) electrons. The van der Waals surface area contributed by atoms with Gasteiger partial charge >= 0.3 is 5.69 Å². The number of halogens is 1. The summed E-state index contributed by atoms with van der Waals surface area (Å²) in [7, 11) is -0.555. The molecule has 6 aromatic rings. The van der Waals surface area contributed by atoms with Crippen LogP contribution in [0.4, 0.5) is 4.39 Å². The average Bonchev–Trinajstić information content (AvgIpc) is 3.89. The third kappa shape index (κ3) is 6.22. The molecule has 2 aliphatic heterocycles.